The summed E-state index contributed by atoms with van der Waals surface area (Å²) < 4.78 is 5.60. The average molecular weight is 442 g/mol. The quantitative estimate of drug-likeness (QED) is 0.316. The van der Waals surface area contributed by atoms with Crippen LogP contribution in [0.25, 0.3) is 5.76 Å². The van der Waals surface area contributed by atoms with E-state index in [1.807, 2.05) is 76.2 Å². The molecular formula is C28H27NO4. The van der Waals surface area contributed by atoms with Crippen LogP contribution in [0.4, 0.5) is 5.69 Å². The van der Waals surface area contributed by atoms with Gasteiger partial charge in [0, 0.05) is 11.3 Å². The van der Waals surface area contributed by atoms with Crippen molar-refractivity contribution in [3.05, 3.63) is 100 Å². The normalized spacial score (nSPS) is 17.5. The lowest BCUT2D eigenvalue weighted by Gasteiger charge is -2.26. The van der Waals surface area contributed by atoms with Gasteiger partial charge in [-0.1, -0.05) is 42.0 Å². The number of aliphatic hydroxyl groups is 1. The van der Waals surface area contributed by atoms with Crippen molar-refractivity contribution in [1.29, 1.82) is 0 Å². The third-order valence-corrected chi connectivity index (χ3v) is 5.99. The second-order valence-corrected chi connectivity index (χ2v) is 8.27. The predicted octanol–water partition coefficient (Wildman–Crippen LogP) is 5.64. The molecule has 3 aromatic carbocycles. The third-order valence-electron chi connectivity index (χ3n) is 5.99. The minimum absolute atomic E-state index is 0.0819. The van der Waals surface area contributed by atoms with Gasteiger partial charge in [0.2, 0.25) is 0 Å². The van der Waals surface area contributed by atoms with Crippen LogP contribution in [0.1, 0.15) is 40.8 Å². The van der Waals surface area contributed by atoms with Gasteiger partial charge in [0.25, 0.3) is 11.7 Å². The van der Waals surface area contributed by atoms with Crippen molar-refractivity contribution in [1.82, 2.24) is 0 Å². The Labute approximate surface area is 193 Å². The molecule has 4 rings (SSSR count). The summed E-state index contributed by atoms with van der Waals surface area (Å²) in [7, 11) is 0. The standard InChI is InChI=1S/C28H27NO4/c1-5-33-23-15-12-20(16-19(23)4)26(30)24-25(22-9-7-6-8-18(22)3)29(28(32)27(24)31)21-13-10-17(2)11-14-21/h6-16,25,30H,5H2,1-4H3/b26-24+. The number of nitrogens with zero attached hydrogens (tertiary/aromatic N) is 1. The zero-order valence-corrected chi connectivity index (χ0v) is 19.3. The van der Waals surface area contributed by atoms with E-state index in [0.29, 0.717) is 23.6 Å². The Morgan fingerprint density at radius 2 is 1.64 bits per heavy atom. The van der Waals surface area contributed by atoms with Gasteiger partial charge < -0.3 is 9.84 Å². The summed E-state index contributed by atoms with van der Waals surface area (Å²) in [6.45, 7) is 8.21. The first-order valence-corrected chi connectivity index (χ1v) is 11.0. The van der Waals surface area contributed by atoms with E-state index < -0.39 is 17.7 Å². The van der Waals surface area contributed by atoms with Crippen LogP contribution in [0, 0.1) is 20.8 Å². The van der Waals surface area contributed by atoms with E-state index in [1.54, 1.807) is 18.2 Å². The highest BCUT2D eigenvalue weighted by Gasteiger charge is 2.47. The van der Waals surface area contributed by atoms with Gasteiger partial charge in [0.15, 0.2) is 0 Å². The van der Waals surface area contributed by atoms with Gasteiger partial charge >= 0.3 is 0 Å². The Bertz CT molecular complexity index is 1260. The maximum Gasteiger partial charge on any atom is 0.300 e. The lowest BCUT2D eigenvalue weighted by Crippen LogP contribution is -2.29. The SMILES string of the molecule is CCOc1ccc(/C(O)=C2\C(=O)C(=O)N(c3ccc(C)cc3)C2c2ccccc2C)cc1C. The lowest BCUT2D eigenvalue weighted by molar-refractivity contribution is -0.132. The van der Waals surface area contributed by atoms with Crippen molar-refractivity contribution >= 4 is 23.1 Å². The molecule has 1 saturated heterocycles. The second kappa shape index (κ2) is 8.94. The van der Waals surface area contributed by atoms with E-state index in [0.717, 1.165) is 22.3 Å². The summed E-state index contributed by atoms with van der Waals surface area (Å²) in [5, 5.41) is 11.3. The van der Waals surface area contributed by atoms with Crippen molar-refractivity contribution in [2.75, 3.05) is 11.5 Å². The highest BCUT2D eigenvalue weighted by molar-refractivity contribution is 6.51. The maximum atomic E-state index is 13.3. The number of anilines is 1. The van der Waals surface area contributed by atoms with Crippen LogP contribution in [-0.2, 0) is 9.59 Å². The van der Waals surface area contributed by atoms with Crippen LogP contribution < -0.4 is 9.64 Å². The number of carbonyl (C=O) groups is 2. The molecule has 33 heavy (non-hydrogen) atoms. The van der Waals surface area contributed by atoms with Crippen LogP contribution in [-0.4, -0.2) is 23.4 Å². The van der Waals surface area contributed by atoms with Crippen molar-refractivity contribution in [2.24, 2.45) is 0 Å². The van der Waals surface area contributed by atoms with Crippen LogP contribution in [0.2, 0.25) is 0 Å². The van der Waals surface area contributed by atoms with Gasteiger partial charge in [0.1, 0.15) is 11.5 Å². The molecule has 1 heterocycles. The third kappa shape index (κ3) is 4.02. The lowest BCUT2D eigenvalue weighted by atomic mass is 9.92. The van der Waals surface area contributed by atoms with Gasteiger partial charge in [-0.15, -0.1) is 0 Å². The van der Waals surface area contributed by atoms with Crippen molar-refractivity contribution in [2.45, 2.75) is 33.7 Å². The fourth-order valence-electron chi connectivity index (χ4n) is 4.26. The van der Waals surface area contributed by atoms with Gasteiger partial charge in [-0.3, -0.25) is 14.5 Å². The molecule has 0 aliphatic carbocycles. The second-order valence-electron chi connectivity index (χ2n) is 8.27. The van der Waals surface area contributed by atoms with Gasteiger partial charge in [0.05, 0.1) is 18.2 Å². The number of carbonyl (C=O) groups excluding carboxylic acids is 2. The Morgan fingerprint density at radius 1 is 0.939 bits per heavy atom. The number of rotatable bonds is 5. The van der Waals surface area contributed by atoms with Crippen molar-refractivity contribution < 1.29 is 19.4 Å². The Balaban J connectivity index is 1.93. The molecule has 0 bridgehead atoms. The Morgan fingerprint density at radius 3 is 2.27 bits per heavy atom. The number of ether oxygens (including phenoxy) is 1. The Kier molecular flexibility index (Phi) is 6.05. The minimum atomic E-state index is -0.735. The number of Topliss-reactive ketones (excluding diaryl/α,β-unsaturated/α-hetero) is 1. The van der Waals surface area contributed by atoms with Gasteiger partial charge in [-0.05, 0) is 74.7 Å². The highest BCUT2D eigenvalue weighted by Crippen LogP contribution is 2.43. The van der Waals surface area contributed by atoms with Crippen LogP contribution >= 0.6 is 0 Å². The van der Waals surface area contributed by atoms with E-state index in [9.17, 15) is 14.7 Å². The monoisotopic (exact) mass is 441 g/mol. The van der Waals surface area contributed by atoms with Crippen LogP contribution in [0.5, 0.6) is 5.75 Å². The first-order valence-electron chi connectivity index (χ1n) is 11.0. The maximum absolute atomic E-state index is 13.3. The highest BCUT2D eigenvalue weighted by atomic mass is 16.5. The molecule has 1 aliphatic heterocycles. The molecule has 1 unspecified atom stereocenters. The first kappa shape index (κ1) is 22.3. The average Bonchev–Trinajstić information content (AvgIpc) is 3.06. The summed E-state index contributed by atoms with van der Waals surface area (Å²) in [6.07, 6.45) is 0. The number of hydrogen-bond donors (Lipinski definition) is 1. The summed E-state index contributed by atoms with van der Waals surface area (Å²) in [5.74, 6) is -0.837. The molecule has 5 heteroatoms. The van der Waals surface area contributed by atoms with E-state index in [4.69, 9.17) is 4.74 Å². The molecule has 5 nitrogen and oxygen atoms in total. The van der Waals surface area contributed by atoms with E-state index in [-0.39, 0.29) is 11.3 Å². The van der Waals surface area contributed by atoms with E-state index in [2.05, 4.69) is 0 Å². The number of benzene rings is 3. The minimum Gasteiger partial charge on any atom is -0.507 e. The molecule has 0 radical (unpaired) electrons. The summed E-state index contributed by atoms with van der Waals surface area (Å²) in [5.41, 5.74) is 4.76. The first-order chi connectivity index (χ1) is 15.8. The molecule has 1 N–H and O–H groups in total. The summed E-state index contributed by atoms with van der Waals surface area (Å²) in [4.78, 5) is 28.0. The molecule has 0 spiro atoms. The van der Waals surface area contributed by atoms with Gasteiger partial charge in [-0.25, -0.2) is 0 Å². The largest absolute Gasteiger partial charge is 0.507 e. The van der Waals surface area contributed by atoms with Crippen LogP contribution in [0.3, 0.4) is 0 Å². The van der Waals surface area contributed by atoms with Crippen molar-refractivity contribution in [3.63, 3.8) is 0 Å². The molecule has 1 fully saturated rings. The molecule has 1 amide bonds. The number of hydrogen-bond acceptors (Lipinski definition) is 4. The fraction of sp³-hybridized carbons (Fsp3) is 0.214. The topological polar surface area (TPSA) is 66.8 Å². The summed E-state index contributed by atoms with van der Waals surface area (Å²) >= 11 is 0. The molecular weight excluding hydrogens is 414 g/mol. The molecule has 1 atom stereocenters. The van der Waals surface area contributed by atoms with Crippen molar-refractivity contribution in [3.8, 4) is 5.75 Å². The van der Waals surface area contributed by atoms with E-state index in [1.165, 1.54) is 4.90 Å². The van der Waals surface area contributed by atoms with Crippen LogP contribution in [0.15, 0.2) is 72.3 Å². The summed E-state index contributed by atoms with van der Waals surface area (Å²) in [6, 6.07) is 19.6. The molecule has 0 saturated carbocycles. The zero-order valence-electron chi connectivity index (χ0n) is 19.3. The molecule has 3 aromatic rings. The fourth-order valence-corrected chi connectivity index (χ4v) is 4.26. The van der Waals surface area contributed by atoms with E-state index >= 15 is 0 Å². The molecule has 0 aromatic heterocycles. The molecule has 168 valence electrons. The smallest absolute Gasteiger partial charge is 0.300 e. The number of aryl methyl sites for hydroxylation is 3. The van der Waals surface area contributed by atoms with Gasteiger partial charge in [-0.2, -0.15) is 0 Å². The Hall–Kier alpha value is -3.86. The number of aliphatic hydroxyl groups excluding tert-OH is 1. The predicted molar refractivity (Wildman–Crippen MR) is 129 cm³/mol. The zero-order chi connectivity index (χ0) is 23.7. The number of amides is 1. The molecule has 1 aliphatic rings. The number of ketones is 1.